The summed E-state index contributed by atoms with van der Waals surface area (Å²) in [5.74, 6) is -0.204. The molecule has 116 valence electrons. The van der Waals surface area contributed by atoms with Crippen LogP contribution in [-0.4, -0.2) is 11.3 Å². The summed E-state index contributed by atoms with van der Waals surface area (Å²) in [6, 6.07) is 13.9. The van der Waals surface area contributed by atoms with Crippen molar-refractivity contribution in [2.24, 2.45) is 0 Å². The van der Waals surface area contributed by atoms with E-state index in [0.717, 1.165) is 22.0 Å². The van der Waals surface area contributed by atoms with E-state index in [2.05, 4.69) is 9.72 Å². The molecule has 1 N–H and O–H groups in total. The molecule has 0 bridgehead atoms. The number of aromatic nitrogens is 1. The van der Waals surface area contributed by atoms with Crippen LogP contribution >= 0.6 is 12.4 Å². The molecule has 0 amide bonds. The Balaban J connectivity index is 0.00000176. The number of ether oxygens (including phenoxy) is 1. The molecule has 0 aliphatic rings. The minimum atomic E-state index is -4.65. The van der Waals surface area contributed by atoms with Gasteiger partial charge in [0.2, 0.25) is 0 Å². The average Bonchev–Trinajstić information content (AvgIpc) is 2.83. The molecule has 0 saturated carbocycles. The summed E-state index contributed by atoms with van der Waals surface area (Å²) >= 11 is 0. The van der Waals surface area contributed by atoms with Crippen LogP contribution in [0.2, 0.25) is 0 Å². The summed E-state index contributed by atoms with van der Waals surface area (Å²) in [5, 5.41) is 1.12. The third-order valence-corrected chi connectivity index (χ3v) is 3.23. The monoisotopic (exact) mass is 327 g/mol. The summed E-state index contributed by atoms with van der Waals surface area (Å²) in [6.45, 7) is 0. The number of aromatic amines is 1. The highest BCUT2D eigenvalue weighted by Gasteiger charge is 2.30. The lowest BCUT2D eigenvalue weighted by molar-refractivity contribution is -0.274. The summed E-state index contributed by atoms with van der Waals surface area (Å²) in [5.41, 5.74) is 3.08. The first-order valence-electron chi connectivity index (χ1n) is 6.41. The van der Waals surface area contributed by atoms with Gasteiger partial charge in [-0.3, -0.25) is 0 Å². The molecule has 1 heterocycles. The zero-order valence-electron chi connectivity index (χ0n) is 11.4. The largest absolute Gasteiger partial charge is 0.573 e. The maximum absolute atomic E-state index is 12.1. The van der Waals surface area contributed by atoms with Crippen molar-refractivity contribution in [3.8, 4) is 5.75 Å². The lowest BCUT2D eigenvalue weighted by Gasteiger charge is -2.09. The van der Waals surface area contributed by atoms with Gasteiger partial charge in [0.15, 0.2) is 0 Å². The zero-order valence-corrected chi connectivity index (χ0v) is 12.2. The highest BCUT2D eigenvalue weighted by molar-refractivity contribution is 5.85. The lowest BCUT2D eigenvalue weighted by atomic mass is 10.0. The Hall–Kier alpha value is -2.14. The number of fused-ring (bicyclic) bond motifs is 1. The Kier molecular flexibility index (Phi) is 4.66. The lowest BCUT2D eigenvalue weighted by Crippen LogP contribution is -2.17. The van der Waals surface area contributed by atoms with Crippen molar-refractivity contribution in [1.82, 2.24) is 4.98 Å². The van der Waals surface area contributed by atoms with Crippen LogP contribution < -0.4 is 4.74 Å². The molecule has 1 aromatic heterocycles. The molecule has 22 heavy (non-hydrogen) atoms. The highest BCUT2D eigenvalue weighted by Crippen LogP contribution is 2.25. The van der Waals surface area contributed by atoms with Crippen LogP contribution in [0.4, 0.5) is 13.2 Å². The van der Waals surface area contributed by atoms with E-state index in [9.17, 15) is 13.2 Å². The molecular formula is C16H13ClF3NO. The second-order valence-electron chi connectivity index (χ2n) is 4.73. The van der Waals surface area contributed by atoms with Crippen molar-refractivity contribution >= 4 is 23.3 Å². The van der Waals surface area contributed by atoms with Crippen molar-refractivity contribution in [1.29, 1.82) is 0 Å². The summed E-state index contributed by atoms with van der Waals surface area (Å²) in [6.07, 6.45) is -2.08. The molecule has 0 aliphatic carbocycles. The fourth-order valence-corrected chi connectivity index (χ4v) is 2.31. The van der Waals surface area contributed by atoms with Crippen molar-refractivity contribution in [2.75, 3.05) is 0 Å². The van der Waals surface area contributed by atoms with Gasteiger partial charge in [-0.25, -0.2) is 0 Å². The van der Waals surface area contributed by atoms with Gasteiger partial charge in [0, 0.05) is 17.1 Å². The Morgan fingerprint density at radius 1 is 0.955 bits per heavy atom. The molecule has 2 aromatic carbocycles. The number of nitrogens with one attached hydrogen (secondary N) is 1. The predicted octanol–water partition coefficient (Wildman–Crippen LogP) is 5.08. The minimum absolute atomic E-state index is 0. The van der Waals surface area contributed by atoms with Gasteiger partial charge in [-0.1, -0.05) is 30.3 Å². The molecule has 0 radical (unpaired) electrons. The minimum Gasteiger partial charge on any atom is -0.406 e. The van der Waals surface area contributed by atoms with Crippen LogP contribution in [0.25, 0.3) is 10.9 Å². The standard InChI is InChI=1S/C16H12F3NO.ClH/c17-16(18,19)21-13-7-5-11(6-8-13)9-12-10-20-15-4-2-1-3-14(12)15;/h1-8,10,20H,9H2;1H. The molecule has 3 rings (SSSR count). The number of alkyl halides is 3. The van der Waals surface area contributed by atoms with Crippen LogP contribution in [-0.2, 0) is 6.42 Å². The molecule has 0 atom stereocenters. The Bertz CT molecular complexity index is 750. The molecule has 0 saturated heterocycles. The second kappa shape index (κ2) is 6.32. The van der Waals surface area contributed by atoms with Gasteiger partial charge in [-0.2, -0.15) is 0 Å². The molecule has 0 spiro atoms. The van der Waals surface area contributed by atoms with E-state index >= 15 is 0 Å². The number of H-pyrrole nitrogens is 1. The van der Waals surface area contributed by atoms with Gasteiger partial charge in [0.1, 0.15) is 5.75 Å². The Morgan fingerprint density at radius 2 is 1.64 bits per heavy atom. The van der Waals surface area contributed by atoms with Crippen LogP contribution in [0.1, 0.15) is 11.1 Å². The zero-order chi connectivity index (χ0) is 14.9. The maximum atomic E-state index is 12.1. The second-order valence-corrected chi connectivity index (χ2v) is 4.73. The first-order valence-corrected chi connectivity index (χ1v) is 6.41. The van der Waals surface area contributed by atoms with E-state index in [0.29, 0.717) is 6.42 Å². The van der Waals surface area contributed by atoms with Crippen LogP contribution in [0.15, 0.2) is 54.7 Å². The van der Waals surface area contributed by atoms with Gasteiger partial charge < -0.3 is 9.72 Å². The highest BCUT2D eigenvalue weighted by atomic mass is 35.5. The van der Waals surface area contributed by atoms with Crippen molar-refractivity contribution in [3.05, 3.63) is 65.9 Å². The third kappa shape index (κ3) is 3.74. The third-order valence-electron chi connectivity index (χ3n) is 3.23. The number of benzene rings is 2. The fraction of sp³-hybridized carbons (Fsp3) is 0.125. The quantitative estimate of drug-likeness (QED) is 0.713. The smallest absolute Gasteiger partial charge is 0.406 e. The van der Waals surface area contributed by atoms with Gasteiger partial charge in [0.25, 0.3) is 0 Å². The van der Waals surface area contributed by atoms with E-state index < -0.39 is 6.36 Å². The van der Waals surface area contributed by atoms with E-state index in [4.69, 9.17) is 0 Å². The maximum Gasteiger partial charge on any atom is 0.573 e. The summed E-state index contributed by atoms with van der Waals surface area (Å²) in [7, 11) is 0. The topological polar surface area (TPSA) is 25.0 Å². The molecule has 0 aliphatic heterocycles. The SMILES string of the molecule is Cl.FC(F)(F)Oc1ccc(Cc2c[nH]c3ccccc23)cc1. The van der Waals surface area contributed by atoms with Gasteiger partial charge in [0.05, 0.1) is 0 Å². The number of hydrogen-bond acceptors (Lipinski definition) is 1. The molecule has 3 aromatic rings. The van der Waals surface area contributed by atoms with Gasteiger partial charge in [-0.15, -0.1) is 25.6 Å². The van der Waals surface area contributed by atoms with E-state index in [1.807, 2.05) is 30.5 Å². The van der Waals surface area contributed by atoms with Crippen LogP contribution in [0.3, 0.4) is 0 Å². The number of rotatable bonds is 3. The Morgan fingerprint density at radius 3 is 2.32 bits per heavy atom. The molecule has 6 heteroatoms. The van der Waals surface area contributed by atoms with Crippen molar-refractivity contribution in [3.63, 3.8) is 0 Å². The van der Waals surface area contributed by atoms with Gasteiger partial charge >= 0.3 is 6.36 Å². The molecule has 0 unspecified atom stereocenters. The molecule has 2 nitrogen and oxygen atoms in total. The number of para-hydroxylation sites is 1. The molecular weight excluding hydrogens is 315 g/mol. The fourth-order valence-electron chi connectivity index (χ4n) is 2.31. The first-order chi connectivity index (χ1) is 10.0. The average molecular weight is 328 g/mol. The van der Waals surface area contributed by atoms with E-state index in [1.54, 1.807) is 12.1 Å². The van der Waals surface area contributed by atoms with Crippen LogP contribution in [0.5, 0.6) is 5.75 Å². The van der Waals surface area contributed by atoms with Crippen molar-refractivity contribution in [2.45, 2.75) is 12.8 Å². The first kappa shape index (κ1) is 16.2. The number of halogens is 4. The predicted molar refractivity (Wildman–Crippen MR) is 81.5 cm³/mol. The summed E-state index contributed by atoms with van der Waals surface area (Å²) in [4.78, 5) is 3.18. The number of hydrogen-bond donors (Lipinski definition) is 1. The Labute approximate surface area is 131 Å². The van der Waals surface area contributed by atoms with E-state index in [-0.39, 0.29) is 18.2 Å². The normalized spacial score (nSPS) is 11.2. The van der Waals surface area contributed by atoms with E-state index in [1.165, 1.54) is 12.1 Å². The van der Waals surface area contributed by atoms with Crippen LogP contribution in [0, 0.1) is 0 Å². The summed E-state index contributed by atoms with van der Waals surface area (Å²) < 4.78 is 40.1. The van der Waals surface area contributed by atoms with Gasteiger partial charge in [-0.05, 0) is 35.7 Å². The molecule has 0 fully saturated rings. The van der Waals surface area contributed by atoms with Crippen molar-refractivity contribution < 1.29 is 17.9 Å².